The van der Waals surface area contributed by atoms with Crippen molar-refractivity contribution in [3.05, 3.63) is 70.3 Å². The number of halogens is 1. The minimum Gasteiger partial charge on any atom is -0.478 e. The monoisotopic (exact) mass is 283 g/mol. The van der Waals surface area contributed by atoms with Crippen molar-refractivity contribution in [3.63, 3.8) is 0 Å². The second kappa shape index (κ2) is 4.86. The average molecular weight is 283 g/mol. The molecule has 0 atom stereocenters. The van der Waals surface area contributed by atoms with Crippen LogP contribution in [0.1, 0.15) is 10.4 Å². The number of carboxylic acid groups (broad SMARTS) is 1. The summed E-state index contributed by atoms with van der Waals surface area (Å²) in [7, 11) is 0. The van der Waals surface area contributed by atoms with Gasteiger partial charge in [0.05, 0.1) is 5.56 Å². The summed E-state index contributed by atoms with van der Waals surface area (Å²) in [4.78, 5) is 25.5. The van der Waals surface area contributed by atoms with Gasteiger partial charge in [0.25, 0.3) is 5.56 Å². The zero-order chi connectivity index (χ0) is 15.0. The van der Waals surface area contributed by atoms with Crippen molar-refractivity contribution in [3.8, 4) is 11.3 Å². The van der Waals surface area contributed by atoms with E-state index in [9.17, 15) is 14.0 Å². The lowest BCUT2D eigenvalue weighted by Gasteiger charge is -2.05. The summed E-state index contributed by atoms with van der Waals surface area (Å²) in [5.74, 6) is -1.48. The third-order valence-electron chi connectivity index (χ3n) is 3.25. The highest BCUT2D eigenvalue weighted by molar-refractivity contribution is 5.89. The van der Waals surface area contributed by atoms with Gasteiger partial charge in [-0.1, -0.05) is 18.2 Å². The molecule has 0 saturated heterocycles. The summed E-state index contributed by atoms with van der Waals surface area (Å²) in [6, 6.07) is 11.9. The smallest absolute Gasteiger partial charge is 0.335 e. The molecule has 0 bridgehead atoms. The first-order valence-electron chi connectivity index (χ1n) is 6.21. The number of rotatable bonds is 2. The number of benzene rings is 2. The van der Waals surface area contributed by atoms with Crippen LogP contribution in [-0.2, 0) is 0 Å². The second-order valence-electron chi connectivity index (χ2n) is 4.63. The van der Waals surface area contributed by atoms with Crippen molar-refractivity contribution >= 4 is 16.7 Å². The molecule has 1 aromatic heterocycles. The van der Waals surface area contributed by atoms with Crippen LogP contribution in [0, 0.1) is 5.82 Å². The topological polar surface area (TPSA) is 70.2 Å². The van der Waals surface area contributed by atoms with E-state index in [2.05, 4.69) is 4.98 Å². The summed E-state index contributed by atoms with van der Waals surface area (Å²) in [6.45, 7) is 0. The van der Waals surface area contributed by atoms with E-state index in [0.29, 0.717) is 16.6 Å². The van der Waals surface area contributed by atoms with Gasteiger partial charge >= 0.3 is 5.97 Å². The normalized spacial score (nSPS) is 10.7. The maximum atomic E-state index is 13.2. The fourth-order valence-electron chi connectivity index (χ4n) is 2.18. The van der Waals surface area contributed by atoms with E-state index in [1.165, 1.54) is 30.3 Å². The van der Waals surface area contributed by atoms with E-state index in [1.54, 1.807) is 18.2 Å². The molecule has 104 valence electrons. The molecule has 0 radical (unpaired) electrons. The van der Waals surface area contributed by atoms with Crippen LogP contribution in [0.2, 0.25) is 0 Å². The van der Waals surface area contributed by atoms with E-state index in [-0.39, 0.29) is 16.5 Å². The zero-order valence-corrected chi connectivity index (χ0v) is 10.8. The molecule has 21 heavy (non-hydrogen) atoms. The number of nitrogens with one attached hydrogen (secondary N) is 1. The molecule has 3 rings (SSSR count). The number of hydrogen-bond acceptors (Lipinski definition) is 2. The summed E-state index contributed by atoms with van der Waals surface area (Å²) in [5.41, 5.74) is 1.02. The Morgan fingerprint density at radius 3 is 2.43 bits per heavy atom. The Balaban J connectivity index is 2.14. The first-order valence-corrected chi connectivity index (χ1v) is 6.21. The van der Waals surface area contributed by atoms with E-state index in [4.69, 9.17) is 5.11 Å². The second-order valence-corrected chi connectivity index (χ2v) is 4.63. The average Bonchev–Trinajstić information content (AvgIpc) is 2.48. The van der Waals surface area contributed by atoms with Gasteiger partial charge in [0.2, 0.25) is 0 Å². The Morgan fingerprint density at radius 1 is 1.05 bits per heavy atom. The van der Waals surface area contributed by atoms with E-state index in [0.717, 1.165) is 0 Å². The molecule has 2 N–H and O–H groups in total. The van der Waals surface area contributed by atoms with Gasteiger partial charge in [0, 0.05) is 11.1 Å². The lowest BCUT2D eigenvalue weighted by molar-refractivity contribution is 0.0697. The van der Waals surface area contributed by atoms with Gasteiger partial charge in [-0.05, 0) is 41.3 Å². The van der Waals surface area contributed by atoms with Crippen LogP contribution in [0.15, 0.2) is 53.3 Å². The molecular weight excluding hydrogens is 273 g/mol. The van der Waals surface area contributed by atoms with Gasteiger partial charge in [0.15, 0.2) is 0 Å². The molecule has 0 aliphatic carbocycles. The van der Waals surface area contributed by atoms with Crippen molar-refractivity contribution in [2.24, 2.45) is 0 Å². The van der Waals surface area contributed by atoms with Crippen LogP contribution in [0.3, 0.4) is 0 Å². The number of fused-ring (bicyclic) bond motifs is 1. The SMILES string of the molecule is O=C(O)c1ccc(-c2cc3ccc(F)cc3c(=O)[nH]2)cc1. The number of hydrogen-bond donors (Lipinski definition) is 2. The molecule has 1 heterocycles. The van der Waals surface area contributed by atoms with Crippen molar-refractivity contribution in [1.82, 2.24) is 4.98 Å². The number of carbonyl (C=O) groups is 1. The molecule has 0 amide bonds. The minimum absolute atomic E-state index is 0.170. The van der Waals surface area contributed by atoms with E-state index >= 15 is 0 Å². The Bertz CT molecular complexity index is 898. The summed E-state index contributed by atoms with van der Waals surface area (Å²) >= 11 is 0. The molecule has 0 saturated carbocycles. The predicted molar refractivity (Wildman–Crippen MR) is 76.9 cm³/mol. The third-order valence-corrected chi connectivity index (χ3v) is 3.25. The van der Waals surface area contributed by atoms with Crippen LogP contribution in [-0.4, -0.2) is 16.1 Å². The molecule has 0 aliphatic rings. The standard InChI is InChI=1S/C16H10FNO3/c17-12-6-5-11-7-14(18-15(19)13(11)8-12)9-1-3-10(4-2-9)16(20)21/h1-8H,(H,18,19)(H,20,21). The highest BCUT2D eigenvalue weighted by atomic mass is 19.1. The molecule has 0 unspecified atom stereocenters. The quantitative estimate of drug-likeness (QED) is 0.759. The summed E-state index contributed by atoms with van der Waals surface area (Å²) in [5, 5.41) is 9.77. The Hall–Kier alpha value is -2.95. The lowest BCUT2D eigenvalue weighted by atomic mass is 10.1. The molecular formula is C16H10FNO3. The van der Waals surface area contributed by atoms with Crippen LogP contribution >= 0.6 is 0 Å². The minimum atomic E-state index is -1.01. The number of aromatic amines is 1. The Labute approximate surface area is 118 Å². The molecule has 4 nitrogen and oxygen atoms in total. The van der Waals surface area contributed by atoms with Gasteiger partial charge in [-0.25, -0.2) is 9.18 Å². The molecule has 3 aromatic rings. The number of aromatic nitrogens is 1. The van der Waals surface area contributed by atoms with Crippen LogP contribution in [0.5, 0.6) is 0 Å². The summed E-state index contributed by atoms with van der Waals surface area (Å²) < 4.78 is 13.2. The number of H-pyrrole nitrogens is 1. The van der Waals surface area contributed by atoms with Crippen LogP contribution < -0.4 is 5.56 Å². The van der Waals surface area contributed by atoms with Gasteiger partial charge in [-0.2, -0.15) is 0 Å². The third kappa shape index (κ3) is 2.41. The van der Waals surface area contributed by atoms with E-state index in [1.807, 2.05) is 0 Å². The maximum Gasteiger partial charge on any atom is 0.335 e. The summed E-state index contributed by atoms with van der Waals surface area (Å²) in [6.07, 6.45) is 0. The first kappa shape index (κ1) is 13.1. The molecule has 0 spiro atoms. The Morgan fingerprint density at radius 2 is 1.76 bits per heavy atom. The Kier molecular flexibility index (Phi) is 3.02. The fourth-order valence-corrected chi connectivity index (χ4v) is 2.18. The van der Waals surface area contributed by atoms with Gasteiger partial charge in [0.1, 0.15) is 5.82 Å². The van der Waals surface area contributed by atoms with Crippen LogP contribution in [0.4, 0.5) is 4.39 Å². The first-order chi connectivity index (χ1) is 10.0. The van der Waals surface area contributed by atoms with Crippen LogP contribution in [0.25, 0.3) is 22.0 Å². The number of carboxylic acids is 1. The predicted octanol–water partition coefficient (Wildman–Crippen LogP) is 3.03. The fraction of sp³-hybridized carbons (Fsp3) is 0. The molecule has 0 aliphatic heterocycles. The van der Waals surface area contributed by atoms with Gasteiger partial charge < -0.3 is 10.1 Å². The number of pyridine rings is 1. The zero-order valence-electron chi connectivity index (χ0n) is 10.8. The maximum absolute atomic E-state index is 13.2. The molecule has 2 aromatic carbocycles. The highest BCUT2D eigenvalue weighted by Gasteiger charge is 2.07. The van der Waals surface area contributed by atoms with Gasteiger partial charge in [-0.3, -0.25) is 4.79 Å². The molecule has 0 fully saturated rings. The van der Waals surface area contributed by atoms with Gasteiger partial charge in [-0.15, -0.1) is 0 Å². The van der Waals surface area contributed by atoms with Crippen molar-refractivity contribution in [1.29, 1.82) is 0 Å². The van der Waals surface area contributed by atoms with E-state index < -0.39 is 11.8 Å². The van der Waals surface area contributed by atoms with Crippen molar-refractivity contribution < 1.29 is 14.3 Å². The molecule has 5 heteroatoms. The lowest BCUT2D eigenvalue weighted by Crippen LogP contribution is -2.07. The van der Waals surface area contributed by atoms with Crippen molar-refractivity contribution in [2.75, 3.05) is 0 Å². The number of aromatic carboxylic acids is 1. The highest BCUT2D eigenvalue weighted by Crippen LogP contribution is 2.21. The largest absolute Gasteiger partial charge is 0.478 e. The van der Waals surface area contributed by atoms with Crippen molar-refractivity contribution in [2.45, 2.75) is 0 Å².